The van der Waals surface area contributed by atoms with Gasteiger partial charge in [-0.05, 0) is 6.92 Å². The highest BCUT2D eigenvalue weighted by atomic mass is 19.1. The Bertz CT molecular complexity index is 450. The maximum atomic E-state index is 12.6. The molecule has 0 saturated carbocycles. The molecular formula is C9H10FN5. The lowest BCUT2D eigenvalue weighted by Crippen LogP contribution is -2.11. The maximum absolute atomic E-state index is 12.6. The summed E-state index contributed by atoms with van der Waals surface area (Å²) in [5.74, 6) is 0.570. The third-order valence-corrected chi connectivity index (χ3v) is 2.13. The first-order valence-electron chi connectivity index (χ1n) is 4.43. The summed E-state index contributed by atoms with van der Waals surface area (Å²) in [6, 6.07) is -0.159. The van der Waals surface area contributed by atoms with E-state index in [9.17, 15) is 4.39 Å². The highest BCUT2D eigenvalue weighted by molar-refractivity contribution is 5.26. The van der Waals surface area contributed by atoms with Gasteiger partial charge in [-0.25, -0.2) is 19.3 Å². The van der Waals surface area contributed by atoms with Gasteiger partial charge < -0.3 is 10.3 Å². The monoisotopic (exact) mass is 207 g/mol. The van der Waals surface area contributed by atoms with Gasteiger partial charge in [0.15, 0.2) is 11.6 Å². The molecule has 5 nitrogen and oxygen atoms in total. The normalized spacial score (nSPS) is 12.7. The van der Waals surface area contributed by atoms with Crippen LogP contribution < -0.4 is 5.73 Å². The fourth-order valence-corrected chi connectivity index (χ4v) is 1.30. The zero-order valence-corrected chi connectivity index (χ0v) is 8.13. The smallest absolute Gasteiger partial charge is 0.159 e. The largest absolute Gasteiger partial charge is 0.384 e. The number of nitrogen functional groups attached to an aromatic ring is 1. The van der Waals surface area contributed by atoms with Crippen LogP contribution in [0.2, 0.25) is 0 Å². The summed E-state index contributed by atoms with van der Waals surface area (Å²) >= 11 is 0. The minimum Gasteiger partial charge on any atom is -0.384 e. The number of halogens is 1. The van der Waals surface area contributed by atoms with E-state index in [1.165, 1.54) is 0 Å². The molecule has 2 aromatic heterocycles. The van der Waals surface area contributed by atoms with E-state index in [0.717, 1.165) is 12.4 Å². The van der Waals surface area contributed by atoms with Crippen molar-refractivity contribution < 1.29 is 4.39 Å². The van der Waals surface area contributed by atoms with Crippen LogP contribution >= 0.6 is 0 Å². The summed E-state index contributed by atoms with van der Waals surface area (Å²) in [7, 11) is 0. The summed E-state index contributed by atoms with van der Waals surface area (Å²) in [5.41, 5.74) is 5.68. The third kappa shape index (κ3) is 1.78. The number of rotatable bonds is 2. The van der Waals surface area contributed by atoms with Gasteiger partial charge in [-0.15, -0.1) is 0 Å². The van der Waals surface area contributed by atoms with Crippen molar-refractivity contribution in [3.05, 3.63) is 36.6 Å². The molecule has 0 spiro atoms. The number of hydrogen-bond acceptors (Lipinski definition) is 4. The van der Waals surface area contributed by atoms with E-state index in [2.05, 4.69) is 15.0 Å². The first kappa shape index (κ1) is 9.57. The van der Waals surface area contributed by atoms with E-state index in [0.29, 0.717) is 11.6 Å². The van der Waals surface area contributed by atoms with Crippen molar-refractivity contribution in [3.8, 4) is 0 Å². The second kappa shape index (κ2) is 3.64. The van der Waals surface area contributed by atoms with E-state index < -0.39 is 5.82 Å². The van der Waals surface area contributed by atoms with Gasteiger partial charge in [-0.1, -0.05) is 0 Å². The number of imidazole rings is 1. The highest BCUT2D eigenvalue weighted by Gasteiger charge is 2.12. The summed E-state index contributed by atoms with van der Waals surface area (Å²) in [4.78, 5) is 11.7. The number of anilines is 1. The number of nitrogens with two attached hydrogens (primary N) is 1. The van der Waals surface area contributed by atoms with E-state index >= 15 is 0 Å². The highest BCUT2D eigenvalue weighted by Crippen LogP contribution is 2.16. The molecule has 78 valence electrons. The molecule has 0 fully saturated rings. The average molecular weight is 207 g/mol. The molecule has 0 aliphatic carbocycles. The van der Waals surface area contributed by atoms with Crippen molar-refractivity contribution in [2.24, 2.45) is 0 Å². The molecule has 2 heterocycles. The molecule has 2 N–H and O–H groups in total. The molecule has 0 aliphatic heterocycles. The molecule has 1 unspecified atom stereocenters. The number of hydrogen-bond donors (Lipinski definition) is 1. The van der Waals surface area contributed by atoms with Crippen molar-refractivity contribution in [3.63, 3.8) is 0 Å². The van der Waals surface area contributed by atoms with Gasteiger partial charge in [-0.3, -0.25) is 0 Å². The first-order valence-corrected chi connectivity index (χ1v) is 4.43. The first-order chi connectivity index (χ1) is 7.18. The van der Waals surface area contributed by atoms with Crippen LogP contribution in [0.25, 0.3) is 0 Å². The van der Waals surface area contributed by atoms with Crippen molar-refractivity contribution in [1.82, 2.24) is 19.5 Å². The zero-order chi connectivity index (χ0) is 10.8. The quantitative estimate of drug-likeness (QED) is 0.797. The molecule has 0 amide bonds. The molecule has 2 rings (SSSR count). The van der Waals surface area contributed by atoms with Crippen molar-refractivity contribution in [2.75, 3.05) is 5.73 Å². The molecule has 0 bridgehead atoms. The lowest BCUT2D eigenvalue weighted by molar-refractivity contribution is 0.574. The fourth-order valence-electron chi connectivity index (χ4n) is 1.30. The van der Waals surface area contributed by atoms with Crippen LogP contribution in [0.1, 0.15) is 18.8 Å². The van der Waals surface area contributed by atoms with Crippen LogP contribution in [-0.4, -0.2) is 19.5 Å². The van der Waals surface area contributed by atoms with E-state index in [1.54, 1.807) is 17.1 Å². The van der Waals surface area contributed by atoms with Gasteiger partial charge in [0.2, 0.25) is 0 Å². The van der Waals surface area contributed by atoms with Gasteiger partial charge in [0.1, 0.15) is 5.82 Å². The average Bonchev–Trinajstić information content (AvgIpc) is 2.65. The van der Waals surface area contributed by atoms with Gasteiger partial charge >= 0.3 is 0 Å². The SMILES string of the molecule is CC(c1ncc(F)cn1)n1cncc1N. The minimum atomic E-state index is -0.454. The van der Waals surface area contributed by atoms with Crippen molar-refractivity contribution >= 4 is 5.82 Å². The van der Waals surface area contributed by atoms with Gasteiger partial charge in [0, 0.05) is 0 Å². The molecule has 1 atom stereocenters. The molecule has 2 aromatic rings. The summed E-state index contributed by atoms with van der Waals surface area (Å²) in [6.07, 6.45) is 5.39. The van der Waals surface area contributed by atoms with Crippen molar-refractivity contribution in [2.45, 2.75) is 13.0 Å². The molecule has 15 heavy (non-hydrogen) atoms. The Morgan fingerprint density at radius 1 is 1.33 bits per heavy atom. The van der Waals surface area contributed by atoms with E-state index in [1.807, 2.05) is 6.92 Å². The zero-order valence-electron chi connectivity index (χ0n) is 8.13. The second-order valence-electron chi connectivity index (χ2n) is 3.16. The summed E-state index contributed by atoms with van der Waals surface area (Å²) in [6.45, 7) is 1.87. The van der Waals surface area contributed by atoms with E-state index in [4.69, 9.17) is 5.73 Å². The number of aromatic nitrogens is 4. The van der Waals surface area contributed by atoms with Crippen molar-refractivity contribution in [1.29, 1.82) is 0 Å². The van der Waals surface area contributed by atoms with Crippen LogP contribution in [0.4, 0.5) is 10.2 Å². The van der Waals surface area contributed by atoms with Gasteiger partial charge in [-0.2, -0.15) is 0 Å². The van der Waals surface area contributed by atoms with Crippen LogP contribution in [0, 0.1) is 5.82 Å². The Labute approximate surface area is 85.8 Å². The molecule has 0 saturated heterocycles. The Hall–Kier alpha value is -1.98. The van der Waals surface area contributed by atoms with Crippen LogP contribution in [0.15, 0.2) is 24.9 Å². The minimum absolute atomic E-state index is 0.159. The van der Waals surface area contributed by atoms with Crippen LogP contribution in [0.3, 0.4) is 0 Å². The lowest BCUT2D eigenvalue weighted by atomic mass is 10.3. The topological polar surface area (TPSA) is 69.6 Å². The Morgan fingerprint density at radius 2 is 2.00 bits per heavy atom. The molecule has 6 heteroatoms. The molecule has 0 aromatic carbocycles. The standard InChI is InChI=1S/C9H10FN5/c1-6(15-5-12-4-8(15)11)9-13-2-7(10)3-14-9/h2-6H,11H2,1H3. The summed E-state index contributed by atoms with van der Waals surface area (Å²) in [5, 5.41) is 0. The second-order valence-corrected chi connectivity index (χ2v) is 3.16. The predicted molar refractivity (Wildman–Crippen MR) is 52.4 cm³/mol. The van der Waals surface area contributed by atoms with Crippen LogP contribution in [-0.2, 0) is 0 Å². The molecule has 0 radical (unpaired) electrons. The summed E-state index contributed by atoms with van der Waals surface area (Å²) < 4.78 is 14.3. The van der Waals surface area contributed by atoms with E-state index in [-0.39, 0.29) is 6.04 Å². The molecular weight excluding hydrogens is 197 g/mol. The van der Waals surface area contributed by atoms with Gasteiger partial charge in [0.05, 0.1) is 31.0 Å². The lowest BCUT2D eigenvalue weighted by Gasteiger charge is -2.12. The number of nitrogens with zero attached hydrogens (tertiary/aromatic N) is 4. The fraction of sp³-hybridized carbons (Fsp3) is 0.222. The molecule has 0 aliphatic rings. The maximum Gasteiger partial charge on any atom is 0.159 e. The Balaban J connectivity index is 2.32. The van der Waals surface area contributed by atoms with Crippen LogP contribution in [0.5, 0.6) is 0 Å². The Kier molecular flexibility index (Phi) is 2.32. The predicted octanol–water partition coefficient (Wildman–Crippen LogP) is 1.00. The van der Waals surface area contributed by atoms with Gasteiger partial charge in [0.25, 0.3) is 0 Å². The third-order valence-electron chi connectivity index (χ3n) is 2.13. The Morgan fingerprint density at radius 3 is 2.53 bits per heavy atom.